The van der Waals surface area contributed by atoms with Crippen LogP contribution in [-0.4, -0.2) is 18.6 Å². The van der Waals surface area contributed by atoms with Gasteiger partial charge in [-0.05, 0) is 6.26 Å². The molecule has 2 heteroatoms. The van der Waals surface area contributed by atoms with Crippen molar-refractivity contribution in [3.05, 3.63) is 35.9 Å². The molecule has 0 amide bonds. The minimum atomic E-state index is 1.11. The largest absolute Gasteiger partial charge is 0.342 e. The molecule has 2 N–H and O–H groups in total. The Kier molecular flexibility index (Phi) is 4.88. The van der Waals surface area contributed by atoms with E-state index in [0.29, 0.717) is 0 Å². The highest BCUT2D eigenvalue weighted by Crippen LogP contribution is 1.94. The fourth-order valence-corrected chi connectivity index (χ4v) is 1.49. The van der Waals surface area contributed by atoms with Gasteiger partial charge in [-0.3, -0.25) is 0 Å². The maximum absolute atomic E-state index is 2.35. The highest BCUT2D eigenvalue weighted by molar-refractivity contribution is 7.98. The molecule has 0 heterocycles. The van der Waals surface area contributed by atoms with Gasteiger partial charge >= 0.3 is 0 Å². The first-order valence-corrected chi connectivity index (χ1v) is 5.67. The molecule has 1 aromatic carbocycles. The van der Waals surface area contributed by atoms with Crippen molar-refractivity contribution in [2.24, 2.45) is 0 Å². The van der Waals surface area contributed by atoms with Gasteiger partial charge in [0.05, 0.1) is 6.54 Å². The summed E-state index contributed by atoms with van der Waals surface area (Å²) in [6, 6.07) is 10.6. The van der Waals surface area contributed by atoms with E-state index in [1.54, 1.807) is 0 Å². The van der Waals surface area contributed by atoms with E-state index in [2.05, 4.69) is 41.9 Å². The van der Waals surface area contributed by atoms with Gasteiger partial charge in [0, 0.05) is 11.3 Å². The molecule has 1 nitrogen and oxygen atoms in total. The zero-order valence-corrected chi connectivity index (χ0v) is 8.31. The normalized spacial score (nSPS) is 10.1. The van der Waals surface area contributed by atoms with E-state index in [9.17, 15) is 0 Å². The van der Waals surface area contributed by atoms with Gasteiger partial charge in [0.2, 0.25) is 0 Å². The molecule has 0 radical (unpaired) electrons. The quantitative estimate of drug-likeness (QED) is 0.675. The van der Waals surface area contributed by atoms with Crippen LogP contribution in [0.1, 0.15) is 5.56 Å². The van der Waals surface area contributed by atoms with E-state index in [1.807, 2.05) is 11.8 Å². The Morgan fingerprint density at radius 2 is 2.00 bits per heavy atom. The maximum atomic E-state index is 2.35. The summed E-state index contributed by atoms with van der Waals surface area (Å²) >= 11 is 1.91. The Labute approximate surface area is 78.6 Å². The monoisotopic (exact) mass is 182 g/mol. The third kappa shape index (κ3) is 3.79. The molecule has 0 atom stereocenters. The smallest absolute Gasteiger partial charge is 0.101 e. The van der Waals surface area contributed by atoms with Gasteiger partial charge in [0.1, 0.15) is 6.54 Å². The van der Waals surface area contributed by atoms with Gasteiger partial charge in [-0.25, -0.2) is 0 Å². The molecule has 0 fully saturated rings. The van der Waals surface area contributed by atoms with Crippen LogP contribution >= 0.6 is 11.8 Å². The minimum absolute atomic E-state index is 1.11. The Morgan fingerprint density at radius 1 is 1.25 bits per heavy atom. The van der Waals surface area contributed by atoms with Crippen molar-refractivity contribution >= 4 is 11.8 Å². The molecule has 0 aliphatic heterocycles. The van der Waals surface area contributed by atoms with Crippen molar-refractivity contribution in [2.75, 3.05) is 18.6 Å². The molecule has 0 bridgehead atoms. The van der Waals surface area contributed by atoms with Crippen molar-refractivity contribution < 1.29 is 5.32 Å². The number of nitrogens with two attached hydrogens (primary N) is 1. The first-order valence-electron chi connectivity index (χ1n) is 4.28. The van der Waals surface area contributed by atoms with Crippen molar-refractivity contribution in [1.82, 2.24) is 0 Å². The number of thioether (sulfide) groups is 1. The van der Waals surface area contributed by atoms with Crippen LogP contribution in [0, 0.1) is 0 Å². The van der Waals surface area contributed by atoms with Crippen LogP contribution in [0.2, 0.25) is 0 Å². The molecule has 0 spiro atoms. The van der Waals surface area contributed by atoms with Crippen LogP contribution in [0.3, 0.4) is 0 Å². The van der Waals surface area contributed by atoms with Gasteiger partial charge in [-0.1, -0.05) is 30.3 Å². The predicted octanol–water partition coefficient (Wildman–Crippen LogP) is 1.11. The standard InChI is InChI=1S/C10H15NS/c1-12-8-7-11-9-10-5-3-2-4-6-10/h2-6,11H,7-9H2,1H3/p+1. The minimum Gasteiger partial charge on any atom is -0.342 e. The van der Waals surface area contributed by atoms with Gasteiger partial charge in [0.15, 0.2) is 0 Å². The fourth-order valence-electron chi connectivity index (χ4n) is 1.08. The summed E-state index contributed by atoms with van der Waals surface area (Å²) < 4.78 is 0. The number of hydrogen-bond donors (Lipinski definition) is 1. The van der Waals surface area contributed by atoms with E-state index in [0.717, 1.165) is 6.54 Å². The van der Waals surface area contributed by atoms with Crippen molar-refractivity contribution in [2.45, 2.75) is 6.54 Å². The Hall–Kier alpha value is -0.470. The second-order valence-electron chi connectivity index (χ2n) is 2.76. The number of rotatable bonds is 5. The van der Waals surface area contributed by atoms with Crippen LogP contribution < -0.4 is 5.32 Å². The third-order valence-corrected chi connectivity index (χ3v) is 2.39. The molecule has 0 aromatic heterocycles. The predicted molar refractivity (Wildman–Crippen MR) is 55.3 cm³/mol. The van der Waals surface area contributed by atoms with Gasteiger partial charge in [-0.2, -0.15) is 11.8 Å². The third-order valence-electron chi connectivity index (χ3n) is 1.75. The van der Waals surface area contributed by atoms with E-state index < -0.39 is 0 Å². The van der Waals surface area contributed by atoms with Gasteiger partial charge < -0.3 is 5.32 Å². The number of quaternary nitrogens is 1. The van der Waals surface area contributed by atoms with E-state index >= 15 is 0 Å². The van der Waals surface area contributed by atoms with Crippen LogP contribution in [0.25, 0.3) is 0 Å². The van der Waals surface area contributed by atoms with Crippen molar-refractivity contribution in [3.8, 4) is 0 Å². The molecule has 0 aliphatic rings. The lowest BCUT2D eigenvalue weighted by Crippen LogP contribution is -2.83. The maximum Gasteiger partial charge on any atom is 0.101 e. The molecule has 0 saturated heterocycles. The molecular formula is C10H16NS+. The molecule has 1 aromatic rings. The average Bonchev–Trinajstić information content (AvgIpc) is 2.14. The Bertz CT molecular complexity index is 198. The summed E-state index contributed by atoms with van der Waals surface area (Å²) in [6.07, 6.45) is 2.15. The molecule has 66 valence electrons. The fraction of sp³-hybridized carbons (Fsp3) is 0.400. The zero-order valence-electron chi connectivity index (χ0n) is 7.49. The molecule has 0 unspecified atom stereocenters. The van der Waals surface area contributed by atoms with Crippen molar-refractivity contribution in [3.63, 3.8) is 0 Å². The highest BCUT2D eigenvalue weighted by Gasteiger charge is 1.92. The van der Waals surface area contributed by atoms with Crippen LogP contribution in [0.5, 0.6) is 0 Å². The summed E-state index contributed by atoms with van der Waals surface area (Å²) in [4.78, 5) is 0. The van der Waals surface area contributed by atoms with E-state index in [1.165, 1.54) is 17.9 Å². The lowest BCUT2D eigenvalue weighted by Gasteiger charge is -1.99. The summed E-state index contributed by atoms with van der Waals surface area (Å²) in [5.41, 5.74) is 1.42. The number of benzene rings is 1. The average molecular weight is 182 g/mol. The first-order chi connectivity index (χ1) is 5.93. The first kappa shape index (κ1) is 9.62. The lowest BCUT2D eigenvalue weighted by atomic mass is 10.2. The van der Waals surface area contributed by atoms with Gasteiger partial charge in [0.25, 0.3) is 0 Å². The Morgan fingerprint density at radius 3 is 2.67 bits per heavy atom. The Balaban J connectivity index is 2.16. The summed E-state index contributed by atoms with van der Waals surface area (Å²) in [5, 5.41) is 2.35. The summed E-state index contributed by atoms with van der Waals surface area (Å²) in [5.74, 6) is 1.24. The summed E-state index contributed by atoms with van der Waals surface area (Å²) in [6.45, 7) is 2.33. The second kappa shape index (κ2) is 6.09. The zero-order chi connectivity index (χ0) is 8.65. The van der Waals surface area contributed by atoms with Crippen LogP contribution in [0.4, 0.5) is 0 Å². The second-order valence-corrected chi connectivity index (χ2v) is 3.75. The van der Waals surface area contributed by atoms with Crippen LogP contribution in [-0.2, 0) is 6.54 Å². The molecule has 0 aliphatic carbocycles. The van der Waals surface area contributed by atoms with Crippen molar-refractivity contribution in [1.29, 1.82) is 0 Å². The van der Waals surface area contributed by atoms with E-state index in [4.69, 9.17) is 0 Å². The lowest BCUT2D eigenvalue weighted by molar-refractivity contribution is -0.666. The SMILES string of the molecule is CSCC[NH2+]Cc1ccccc1. The number of hydrogen-bond acceptors (Lipinski definition) is 1. The summed E-state index contributed by atoms with van der Waals surface area (Å²) in [7, 11) is 0. The topological polar surface area (TPSA) is 16.6 Å². The molecule has 0 saturated carbocycles. The van der Waals surface area contributed by atoms with Crippen LogP contribution in [0.15, 0.2) is 30.3 Å². The van der Waals surface area contributed by atoms with Gasteiger partial charge in [-0.15, -0.1) is 0 Å². The molecule has 12 heavy (non-hydrogen) atoms. The highest BCUT2D eigenvalue weighted by atomic mass is 32.2. The van der Waals surface area contributed by atoms with E-state index in [-0.39, 0.29) is 0 Å². The molecular weight excluding hydrogens is 166 g/mol. The molecule has 1 rings (SSSR count).